The maximum absolute atomic E-state index is 12.9. The van der Waals surface area contributed by atoms with Gasteiger partial charge in [0.15, 0.2) is 0 Å². The predicted molar refractivity (Wildman–Crippen MR) is 99.1 cm³/mol. The van der Waals surface area contributed by atoms with Crippen molar-refractivity contribution in [2.24, 2.45) is 5.92 Å². The second-order valence-electron chi connectivity index (χ2n) is 6.85. The molecule has 7 heteroatoms. The van der Waals surface area contributed by atoms with E-state index in [9.17, 15) is 4.79 Å². The van der Waals surface area contributed by atoms with Gasteiger partial charge in [0.1, 0.15) is 17.1 Å². The molecule has 1 atom stereocenters. The smallest absolute Gasteiger partial charge is 0.259 e. The highest BCUT2D eigenvalue weighted by atomic mass is 16.5. The van der Waals surface area contributed by atoms with Gasteiger partial charge in [-0.1, -0.05) is 12.1 Å². The van der Waals surface area contributed by atoms with Crippen LogP contribution in [0.15, 0.2) is 16.9 Å². The number of amides is 1. The molecule has 140 valence electrons. The van der Waals surface area contributed by atoms with Gasteiger partial charge in [0.25, 0.3) is 5.91 Å². The van der Waals surface area contributed by atoms with Crippen LogP contribution in [0.2, 0.25) is 0 Å². The highest BCUT2D eigenvalue weighted by Crippen LogP contribution is 2.24. The normalized spacial score (nSPS) is 17.8. The first-order valence-corrected chi connectivity index (χ1v) is 9.35. The number of hydrogen-bond acceptors (Lipinski definition) is 6. The van der Waals surface area contributed by atoms with Crippen LogP contribution in [0.3, 0.4) is 0 Å². The van der Waals surface area contributed by atoms with Crippen LogP contribution in [0.4, 0.5) is 5.82 Å². The molecule has 1 saturated heterocycles. The van der Waals surface area contributed by atoms with E-state index in [1.807, 2.05) is 32.0 Å². The molecule has 1 N–H and O–H groups in total. The summed E-state index contributed by atoms with van der Waals surface area (Å²) >= 11 is 0. The average molecular weight is 357 g/mol. The molecule has 3 rings (SSSR count). The number of nitrogens with zero attached hydrogens (tertiary/aromatic N) is 4. The van der Waals surface area contributed by atoms with E-state index >= 15 is 0 Å². The van der Waals surface area contributed by atoms with E-state index in [0.29, 0.717) is 23.7 Å². The molecule has 2 aromatic rings. The quantitative estimate of drug-likeness (QED) is 0.886. The molecular formula is C19H27N5O2. The molecule has 7 nitrogen and oxygen atoms in total. The van der Waals surface area contributed by atoms with Crippen molar-refractivity contribution in [2.75, 3.05) is 25.5 Å². The first-order valence-electron chi connectivity index (χ1n) is 9.35. The van der Waals surface area contributed by atoms with Crippen molar-refractivity contribution in [3.8, 4) is 0 Å². The summed E-state index contributed by atoms with van der Waals surface area (Å²) in [6.07, 6.45) is 8.30. The van der Waals surface area contributed by atoms with Crippen LogP contribution in [0.25, 0.3) is 0 Å². The lowest BCUT2D eigenvalue weighted by molar-refractivity contribution is 0.0757. The SMILES string of the molecule is CCc1noc(C)c1C(=O)N1CCCC(Cc2cnc(NC)cn2)CC1. The molecule has 0 spiro atoms. The Hall–Kier alpha value is -2.44. The van der Waals surface area contributed by atoms with Crippen LogP contribution in [0.5, 0.6) is 0 Å². The third-order valence-corrected chi connectivity index (χ3v) is 5.08. The molecule has 0 aliphatic carbocycles. The van der Waals surface area contributed by atoms with E-state index in [1.165, 1.54) is 0 Å². The lowest BCUT2D eigenvalue weighted by Gasteiger charge is -2.20. The van der Waals surface area contributed by atoms with E-state index in [1.54, 1.807) is 6.20 Å². The third-order valence-electron chi connectivity index (χ3n) is 5.08. The number of likely N-dealkylation sites (tertiary alicyclic amines) is 1. The Morgan fingerprint density at radius 3 is 2.85 bits per heavy atom. The Kier molecular flexibility index (Phi) is 5.85. The zero-order valence-corrected chi connectivity index (χ0v) is 15.8. The van der Waals surface area contributed by atoms with Crippen molar-refractivity contribution < 1.29 is 9.32 Å². The zero-order valence-electron chi connectivity index (χ0n) is 15.8. The number of carbonyl (C=O) groups is 1. The van der Waals surface area contributed by atoms with Gasteiger partial charge >= 0.3 is 0 Å². The van der Waals surface area contributed by atoms with E-state index in [4.69, 9.17) is 4.52 Å². The van der Waals surface area contributed by atoms with Gasteiger partial charge in [0.05, 0.1) is 23.8 Å². The molecule has 3 heterocycles. The Morgan fingerprint density at radius 2 is 2.15 bits per heavy atom. The minimum absolute atomic E-state index is 0.0550. The van der Waals surface area contributed by atoms with Gasteiger partial charge in [-0.3, -0.25) is 9.78 Å². The van der Waals surface area contributed by atoms with Crippen LogP contribution in [0, 0.1) is 12.8 Å². The van der Waals surface area contributed by atoms with Crippen LogP contribution in [-0.4, -0.2) is 46.1 Å². The van der Waals surface area contributed by atoms with Crippen LogP contribution >= 0.6 is 0 Å². The van der Waals surface area contributed by atoms with Crippen molar-refractivity contribution in [2.45, 2.75) is 46.0 Å². The molecule has 2 aromatic heterocycles. The van der Waals surface area contributed by atoms with Crippen LogP contribution in [0.1, 0.15) is 53.7 Å². The Balaban J connectivity index is 1.62. The Bertz CT molecular complexity index is 741. The number of rotatable bonds is 5. The summed E-state index contributed by atoms with van der Waals surface area (Å²) < 4.78 is 5.23. The molecule has 1 fully saturated rings. The zero-order chi connectivity index (χ0) is 18.5. The molecule has 26 heavy (non-hydrogen) atoms. The first kappa shape index (κ1) is 18.4. The molecule has 0 bridgehead atoms. The molecule has 1 aliphatic heterocycles. The highest BCUT2D eigenvalue weighted by Gasteiger charge is 2.27. The minimum Gasteiger partial charge on any atom is -0.372 e. The summed E-state index contributed by atoms with van der Waals surface area (Å²) in [5.74, 6) is 1.98. The van der Waals surface area contributed by atoms with Gasteiger partial charge in [-0.2, -0.15) is 0 Å². The highest BCUT2D eigenvalue weighted by molar-refractivity contribution is 5.96. The maximum atomic E-state index is 12.9. The minimum atomic E-state index is 0.0550. The fourth-order valence-corrected chi connectivity index (χ4v) is 3.55. The lowest BCUT2D eigenvalue weighted by Crippen LogP contribution is -2.32. The van der Waals surface area contributed by atoms with Gasteiger partial charge in [-0.15, -0.1) is 0 Å². The Morgan fingerprint density at radius 1 is 1.31 bits per heavy atom. The van der Waals surface area contributed by atoms with E-state index in [0.717, 1.165) is 56.0 Å². The maximum Gasteiger partial charge on any atom is 0.259 e. The molecule has 1 amide bonds. The van der Waals surface area contributed by atoms with Crippen molar-refractivity contribution >= 4 is 11.7 Å². The number of aryl methyl sites for hydroxylation is 2. The number of anilines is 1. The number of aromatic nitrogens is 3. The fraction of sp³-hybridized carbons (Fsp3) is 0.579. The van der Waals surface area contributed by atoms with E-state index < -0.39 is 0 Å². The molecule has 0 aromatic carbocycles. The van der Waals surface area contributed by atoms with Crippen LogP contribution in [-0.2, 0) is 12.8 Å². The number of nitrogens with one attached hydrogen (secondary N) is 1. The number of hydrogen-bond donors (Lipinski definition) is 1. The summed E-state index contributed by atoms with van der Waals surface area (Å²) in [6.45, 7) is 5.35. The molecule has 1 unspecified atom stereocenters. The third kappa shape index (κ3) is 4.03. The second kappa shape index (κ2) is 8.29. The monoisotopic (exact) mass is 357 g/mol. The summed E-state index contributed by atoms with van der Waals surface area (Å²) in [5.41, 5.74) is 2.42. The number of carbonyl (C=O) groups excluding carboxylic acids is 1. The fourth-order valence-electron chi connectivity index (χ4n) is 3.55. The van der Waals surface area contributed by atoms with Gasteiger partial charge in [0, 0.05) is 20.1 Å². The summed E-state index contributed by atoms with van der Waals surface area (Å²) in [7, 11) is 1.84. The van der Waals surface area contributed by atoms with E-state index in [2.05, 4.69) is 20.4 Å². The largest absolute Gasteiger partial charge is 0.372 e. The van der Waals surface area contributed by atoms with Gasteiger partial charge < -0.3 is 14.7 Å². The molecular weight excluding hydrogens is 330 g/mol. The Labute approximate surface area is 154 Å². The van der Waals surface area contributed by atoms with E-state index in [-0.39, 0.29) is 5.91 Å². The topological polar surface area (TPSA) is 84.2 Å². The van der Waals surface area contributed by atoms with Gasteiger partial charge in [-0.25, -0.2) is 4.98 Å². The molecule has 1 aliphatic rings. The standard InChI is InChI=1S/C19H27N5O2/c1-4-16-18(13(2)26-23-16)19(25)24-8-5-6-14(7-9-24)10-15-11-22-17(20-3)12-21-15/h11-12,14H,4-10H2,1-3H3,(H,20,22). The summed E-state index contributed by atoms with van der Waals surface area (Å²) in [4.78, 5) is 23.7. The first-order chi connectivity index (χ1) is 12.6. The van der Waals surface area contributed by atoms with Crippen molar-refractivity contribution in [1.29, 1.82) is 0 Å². The molecule has 0 radical (unpaired) electrons. The van der Waals surface area contributed by atoms with Crippen molar-refractivity contribution in [1.82, 2.24) is 20.0 Å². The average Bonchev–Trinajstić information content (AvgIpc) is 2.88. The van der Waals surface area contributed by atoms with Crippen molar-refractivity contribution in [3.63, 3.8) is 0 Å². The summed E-state index contributed by atoms with van der Waals surface area (Å²) in [5, 5.41) is 7.00. The second-order valence-corrected chi connectivity index (χ2v) is 6.85. The summed E-state index contributed by atoms with van der Waals surface area (Å²) in [6, 6.07) is 0. The predicted octanol–water partition coefficient (Wildman–Crippen LogP) is 2.86. The van der Waals surface area contributed by atoms with Crippen LogP contribution < -0.4 is 5.32 Å². The lowest BCUT2D eigenvalue weighted by atomic mass is 9.95. The molecule has 0 saturated carbocycles. The van der Waals surface area contributed by atoms with Gasteiger partial charge in [-0.05, 0) is 44.9 Å². The van der Waals surface area contributed by atoms with Crippen molar-refractivity contribution in [3.05, 3.63) is 35.1 Å². The van der Waals surface area contributed by atoms with Gasteiger partial charge in [0.2, 0.25) is 0 Å².